The van der Waals surface area contributed by atoms with Crippen LogP contribution in [-0.2, 0) is 27.9 Å². The fourth-order valence-electron chi connectivity index (χ4n) is 5.80. The molecule has 0 radical (unpaired) electrons. The molecule has 3 N–H and O–H groups in total. The summed E-state index contributed by atoms with van der Waals surface area (Å²) in [5.41, 5.74) is 0. The van der Waals surface area contributed by atoms with E-state index >= 15 is 0 Å². The van der Waals surface area contributed by atoms with Gasteiger partial charge >= 0.3 is 13.8 Å². The maximum atomic E-state index is 12.5. The highest BCUT2D eigenvalue weighted by atomic mass is 31.2. The number of carbonyl (C=O) groups is 1. The molecule has 0 saturated carbocycles. The van der Waals surface area contributed by atoms with Crippen LogP contribution in [0.25, 0.3) is 0 Å². The van der Waals surface area contributed by atoms with Crippen LogP contribution in [0.4, 0.5) is 0 Å². The van der Waals surface area contributed by atoms with Crippen LogP contribution in [0.3, 0.4) is 0 Å². The summed E-state index contributed by atoms with van der Waals surface area (Å²) in [7, 11) is -4.51. The van der Waals surface area contributed by atoms with Crippen molar-refractivity contribution in [3.05, 3.63) is 24.3 Å². The van der Waals surface area contributed by atoms with E-state index in [1.165, 1.54) is 109 Å². The molecular weight excluding hydrogens is 679 g/mol. The van der Waals surface area contributed by atoms with Crippen molar-refractivity contribution < 1.29 is 43.0 Å². The zero-order valence-corrected chi connectivity index (χ0v) is 34.4. The van der Waals surface area contributed by atoms with Crippen LogP contribution < -0.4 is 0 Å². The van der Waals surface area contributed by atoms with E-state index in [1.54, 1.807) is 0 Å². The van der Waals surface area contributed by atoms with Crippen LogP contribution in [0.1, 0.15) is 194 Å². The van der Waals surface area contributed by atoms with Crippen LogP contribution in [-0.4, -0.2) is 66.3 Å². The van der Waals surface area contributed by atoms with Crippen molar-refractivity contribution in [2.45, 2.75) is 206 Å². The summed E-state index contributed by atoms with van der Waals surface area (Å²) in [4.78, 5) is 22.5. The summed E-state index contributed by atoms with van der Waals surface area (Å²) in [6, 6.07) is 0. The van der Waals surface area contributed by atoms with Gasteiger partial charge in [-0.05, 0) is 57.8 Å². The van der Waals surface area contributed by atoms with Gasteiger partial charge in [-0.15, -0.1) is 0 Å². The number of ether oxygens (including phenoxy) is 2. The van der Waals surface area contributed by atoms with Gasteiger partial charge in [-0.3, -0.25) is 13.8 Å². The molecule has 0 fully saturated rings. The van der Waals surface area contributed by atoms with Gasteiger partial charge in [0.2, 0.25) is 0 Å². The van der Waals surface area contributed by atoms with Gasteiger partial charge in [-0.1, -0.05) is 154 Å². The second-order valence-corrected chi connectivity index (χ2v) is 15.8. The molecule has 9 nitrogen and oxygen atoms in total. The second kappa shape index (κ2) is 39.6. The van der Waals surface area contributed by atoms with Gasteiger partial charge in [-0.2, -0.15) is 0 Å². The molecule has 52 heavy (non-hydrogen) atoms. The van der Waals surface area contributed by atoms with Crippen molar-refractivity contribution in [1.82, 2.24) is 0 Å². The first-order valence-corrected chi connectivity index (χ1v) is 22.8. The van der Waals surface area contributed by atoms with Gasteiger partial charge in [0, 0.05) is 13.0 Å². The molecule has 308 valence electrons. The number of carbonyl (C=O) groups excluding carboxylic acids is 1. The van der Waals surface area contributed by atoms with E-state index < -0.39 is 39.2 Å². The Labute approximate surface area is 319 Å². The number of allylic oxidation sites excluding steroid dienone is 4. The molecule has 0 saturated heterocycles. The third-order valence-electron chi connectivity index (χ3n) is 9.11. The summed E-state index contributed by atoms with van der Waals surface area (Å²) >= 11 is 0. The van der Waals surface area contributed by atoms with Gasteiger partial charge < -0.3 is 24.6 Å². The molecule has 0 aromatic rings. The lowest BCUT2D eigenvalue weighted by atomic mass is 10.1. The number of hydrogen-bond donors (Lipinski definition) is 3. The van der Waals surface area contributed by atoms with Gasteiger partial charge in [-0.25, -0.2) is 4.57 Å². The maximum absolute atomic E-state index is 12.5. The van der Waals surface area contributed by atoms with E-state index in [1.807, 2.05) is 0 Å². The molecule has 3 unspecified atom stereocenters. The number of aliphatic hydroxyl groups excluding tert-OH is 2. The molecule has 0 aromatic carbocycles. The monoisotopic (exact) mass is 761 g/mol. The van der Waals surface area contributed by atoms with Crippen molar-refractivity contribution in [1.29, 1.82) is 0 Å². The number of phosphoric ester groups is 1. The van der Waals surface area contributed by atoms with E-state index in [0.717, 1.165) is 64.2 Å². The minimum atomic E-state index is -4.51. The van der Waals surface area contributed by atoms with Crippen molar-refractivity contribution in [2.75, 3.05) is 33.0 Å². The summed E-state index contributed by atoms with van der Waals surface area (Å²) < 4.78 is 33.3. The maximum Gasteiger partial charge on any atom is 0.472 e. The SMILES string of the molecule is CCCC/C=C\CCCCCCCC(=O)OC(COCCCCCCCCCCCC/C=C\CCCCCCCC)COP(=O)(O)OCC(O)CO. The Bertz CT molecular complexity index is 866. The fraction of sp³-hybridized carbons (Fsp3) is 0.881. The van der Waals surface area contributed by atoms with Crippen LogP contribution >= 0.6 is 7.82 Å². The van der Waals surface area contributed by atoms with Gasteiger partial charge in [0.05, 0.1) is 26.4 Å². The lowest BCUT2D eigenvalue weighted by Gasteiger charge is -2.20. The third kappa shape index (κ3) is 38.7. The summed E-state index contributed by atoms with van der Waals surface area (Å²) in [5.74, 6) is -0.393. The van der Waals surface area contributed by atoms with E-state index in [4.69, 9.17) is 23.6 Å². The Balaban J connectivity index is 4.10. The minimum Gasteiger partial charge on any atom is -0.457 e. The fourth-order valence-corrected chi connectivity index (χ4v) is 6.59. The second-order valence-electron chi connectivity index (χ2n) is 14.4. The third-order valence-corrected chi connectivity index (χ3v) is 10.1. The molecule has 0 rings (SSSR count). The smallest absolute Gasteiger partial charge is 0.457 e. The summed E-state index contributed by atoms with van der Waals surface area (Å²) in [5, 5.41) is 18.3. The molecule has 0 heterocycles. The predicted molar refractivity (Wildman–Crippen MR) is 214 cm³/mol. The van der Waals surface area contributed by atoms with Crippen molar-refractivity contribution in [3.63, 3.8) is 0 Å². The standard InChI is InChI=1S/C42H81O9P/c1-3-5-7-9-11-13-15-16-17-18-19-20-21-22-23-25-27-29-31-33-35-48-38-41(39-50-52(46,47)49-37-40(44)36-43)51-42(45)34-32-30-28-26-24-14-12-10-8-6-4-2/h10,12,16-17,40-41,43-44H,3-9,11,13-15,18-39H2,1-2H3,(H,46,47)/b12-10-,17-16-. The number of esters is 1. The molecule has 0 aromatic heterocycles. The number of phosphoric acid groups is 1. The Kier molecular flexibility index (Phi) is 38.8. The van der Waals surface area contributed by atoms with Crippen LogP contribution in [0, 0.1) is 0 Å². The number of aliphatic hydroxyl groups is 2. The zero-order chi connectivity index (χ0) is 38.2. The van der Waals surface area contributed by atoms with Crippen molar-refractivity contribution in [3.8, 4) is 0 Å². The molecular formula is C42H81O9P. The Morgan fingerprint density at radius 3 is 1.50 bits per heavy atom. The molecule has 0 aliphatic rings. The van der Waals surface area contributed by atoms with Gasteiger partial charge in [0.15, 0.2) is 0 Å². The highest BCUT2D eigenvalue weighted by Crippen LogP contribution is 2.43. The number of unbranched alkanes of at least 4 members (excludes halogenated alkanes) is 23. The van der Waals surface area contributed by atoms with E-state index in [-0.39, 0.29) is 19.6 Å². The first kappa shape index (κ1) is 50.9. The first-order valence-electron chi connectivity index (χ1n) is 21.3. The first-order chi connectivity index (χ1) is 25.3. The van der Waals surface area contributed by atoms with Crippen molar-refractivity contribution in [2.24, 2.45) is 0 Å². The summed E-state index contributed by atoms with van der Waals surface area (Å²) in [6.45, 7) is 3.47. The van der Waals surface area contributed by atoms with E-state index in [9.17, 15) is 19.4 Å². The average molecular weight is 761 g/mol. The number of rotatable bonds is 41. The highest BCUT2D eigenvalue weighted by molar-refractivity contribution is 7.47. The Morgan fingerprint density at radius 2 is 1.00 bits per heavy atom. The Morgan fingerprint density at radius 1 is 0.577 bits per heavy atom. The van der Waals surface area contributed by atoms with E-state index in [2.05, 4.69) is 38.2 Å². The van der Waals surface area contributed by atoms with Crippen LogP contribution in [0.2, 0.25) is 0 Å². The highest BCUT2D eigenvalue weighted by Gasteiger charge is 2.26. The molecule has 3 atom stereocenters. The molecule has 10 heteroatoms. The normalized spacial score (nSPS) is 14.3. The molecule has 0 bridgehead atoms. The van der Waals surface area contributed by atoms with Crippen molar-refractivity contribution >= 4 is 13.8 Å². The topological polar surface area (TPSA) is 132 Å². The van der Waals surface area contributed by atoms with Gasteiger partial charge in [0.25, 0.3) is 0 Å². The van der Waals surface area contributed by atoms with Crippen LogP contribution in [0.5, 0.6) is 0 Å². The minimum absolute atomic E-state index is 0.0473. The molecule has 0 amide bonds. The lowest BCUT2D eigenvalue weighted by molar-refractivity contribution is -0.154. The zero-order valence-electron chi connectivity index (χ0n) is 33.5. The average Bonchev–Trinajstić information content (AvgIpc) is 3.13. The lowest BCUT2D eigenvalue weighted by Crippen LogP contribution is -2.29. The summed E-state index contributed by atoms with van der Waals surface area (Å²) in [6.07, 6.45) is 40.0. The van der Waals surface area contributed by atoms with E-state index in [0.29, 0.717) is 6.61 Å². The van der Waals surface area contributed by atoms with Gasteiger partial charge in [0.1, 0.15) is 12.2 Å². The molecule has 0 spiro atoms. The predicted octanol–water partition coefficient (Wildman–Crippen LogP) is 11.5. The molecule has 0 aliphatic carbocycles. The largest absolute Gasteiger partial charge is 0.472 e. The van der Waals surface area contributed by atoms with Crippen LogP contribution in [0.15, 0.2) is 24.3 Å². The quantitative estimate of drug-likeness (QED) is 0.0241. The Hall–Kier alpha value is -1.06. The number of hydrogen-bond acceptors (Lipinski definition) is 8. The molecule has 0 aliphatic heterocycles.